The normalized spacial score (nSPS) is 11.2. The van der Waals surface area contributed by atoms with Crippen molar-refractivity contribution in [3.8, 4) is 5.75 Å². The first-order valence-corrected chi connectivity index (χ1v) is 9.29. The van der Waals surface area contributed by atoms with Gasteiger partial charge in [-0.1, -0.05) is 17.7 Å². The molecule has 1 amide bonds. The van der Waals surface area contributed by atoms with Gasteiger partial charge in [0.25, 0.3) is 0 Å². The smallest absolute Gasteiger partial charge is 0.241 e. The average Bonchev–Trinajstić information content (AvgIpc) is 2.56. The van der Waals surface area contributed by atoms with Crippen molar-refractivity contribution in [2.45, 2.75) is 18.7 Å². The fraction of sp³-hybridized carbons (Fsp3) is 0.235. The first-order chi connectivity index (χ1) is 11.7. The molecule has 6 nitrogen and oxygen atoms in total. The number of aryl methyl sites for hydroxylation is 2. The number of hydrogen-bond acceptors (Lipinski definition) is 4. The fourth-order valence-corrected chi connectivity index (χ4v) is 3.39. The zero-order valence-electron chi connectivity index (χ0n) is 14.1. The number of methoxy groups -OCH3 is 1. The van der Waals surface area contributed by atoms with Crippen molar-refractivity contribution in [1.29, 1.82) is 0 Å². The molecule has 0 saturated heterocycles. The molecule has 0 radical (unpaired) electrons. The van der Waals surface area contributed by atoms with Crippen molar-refractivity contribution in [3.63, 3.8) is 0 Å². The molecule has 134 valence electrons. The highest BCUT2D eigenvalue weighted by molar-refractivity contribution is 7.89. The third kappa shape index (κ3) is 4.94. The number of anilines is 1. The molecule has 0 aliphatic rings. The van der Waals surface area contributed by atoms with Gasteiger partial charge in [-0.2, -0.15) is 0 Å². The second-order valence-corrected chi connectivity index (χ2v) is 7.64. The maximum atomic E-state index is 12.3. The van der Waals surface area contributed by atoms with Crippen LogP contribution in [0.5, 0.6) is 5.75 Å². The van der Waals surface area contributed by atoms with Gasteiger partial charge in [0.2, 0.25) is 15.9 Å². The monoisotopic (exact) mass is 382 g/mol. The Morgan fingerprint density at radius 3 is 2.44 bits per heavy atom. The number of benzene rings is 2. The largest absolute Gasteiger partial charge is 0.496 e. The maximum Gasteiger partial charge on any atom is 0.241 e. The summed E-state index contributed by atoms with van der Waals surface area (Å²) in [6, 6.07) is 9.54. The van der Waals surface area contributed by atoms with Gasteiger partial charge in [0.1, 0.15) is 5.75 Å². The Morgan fingerprint density at radius 1 is 1.12 bits per heavy atom. The molecule has 2 rings (SSSR count). The number of amides is 1. The molecule has 0 unspecified atom stereocenters. The molecule has 8 heteroatoms. The van der Waals surface area contributed by atoms with E-state index in [-0.39, 0.29) is 11.4 Å². The predicted molar refractivity (Wildman–Crippen MR) is 97.7 cm³/mol. The third-order valence-electron chi connectivity index (χ3n) is 3.55. The Labute approximate surface area is 152 Å². The van der Waals surface area contributed by atoms with Gasteiger partial charge in [0.05, 0.1) is 18.6 Å². The third-order valence-corrected chi connectivity index (χ3v) is 5.36. The number of carbonyl (C=O) groups excluding carboxylic acids is 1. The topological polar surface area (TPSA) is 84.5 Å². The minimum Gasteiger partial charge on any atom is -0.496 e. The van der Waals surface area contributed by atoms with Crippen LogP contribution in [-0.4, -0.2) is 28.0 Å². The number of carbonyl (C=O) groups is 1. The molecule has 2 aromatic rings. The van der Waals surface area contributed by atoms with Crippen LogP contribution in [0.15, 0.2) is 41.3 Å². The van der Waals surface area contributed by atoms with Crippen molar-refractivity contribution in [2.75, 3.05) is 19.0 Å². The van der Waals surface area contributed by atoms with Crippen LogP contribution in [-0.2, 0) is 14.8 Å². The Bertz CT molecular complexity index is 898. The van der Waals surface area contributed by atoms with E-state index in [9.17, 15) is 13.2 Å². The van der Waals surface area contributed by atoms with Gasteiger partial charge in [0.15, 0.2) is 0 Å². The Hall–Kier alpha value is -2.09. The summed E-state index contributed by atoms with van der Waals surface area (Å²) in [5.74, 6) is 0.0988. The van der Waals surface area contributed by atoms with E-state index in [1.807, 2.05) is 6.92 Å². The van der Waals surface area contributed by atoms with Crippen LogP contribution in [0.4, 0.5) is 5.69 Å². The number of halogens is 1. The Morgan fingerprint density at radius 2 is 1.84 bits per heavy atom. The minimum absolute atomic E-state index is 0.0666. The summed E-state index contributed by atoms with van der Waals surface area (Å²) >= 11 is 5.99. The van der Waals surface area contributed by atoms with Gasteiger partial charge in [-0.05, 0) is 55.3 Å². The average molecular weight is 383 g/mol. The molecule has 0 heterocycles. The Balaban J connectivity index is 2.02. The van der Waals surface area contributed by atoms with Crippen LogP contribution in [0, 0.1) is 13.8 Å². The highest BCUT2D eigenvalue weighted by Gasteiger charge is 2.17. The molecule has 0 saturated carbocycles. The second-order valence-electron chi connectivity index (χ2n) is 5.47. The predicted octanol–water partition coefficient (Wildman–Crippen LogP) is 2.88. The van der Waals surface area contributed by atoms with Crippen molar-refractivity contribution in [2.24, 2.45) is 0 Å². The van der Waals surface area contributed by atoms with Crippen LogP contribution in [0.3, 0.4) is 0 Å². The summed E-state index contributed by atoms with van der Waals surface area (Å²) in [6.07, 6.45) is 0. The molecule has 0 atom stereocenters. The zero-order chi connectivity index (χ0) is 18.6. The molecule has 0 aromatic heterocycles. The lowest BCUT2D eigenvalue weighted by atomic mass is 10.2. The van der Waals surface area contributed by atoms with Gasteiger partial charge >= 0.3 is 0 Å². The van der Waals surface area contributed by atoms with E-state index in [2.05, 4.69) is 10.0 Å². The van der Waals surface area contributed by atoms with Crippen LogP contribution < -0.4 is 14.8 Å². The van der Waals surface area contributed by atoms with E-state index < -0.39 is 15.9 Å². The van der Waals surface area contributed by atoms with E-state index in [0.717, 1.165) is 5.56 Å². The highest BCUT2D eigenvalue weighted by atomic mass is 35.5. The van der Waals surface area contributed by atoms with E-state index in [4.69, 9.17) is 16.3 Å². The summed E-state index contributed by atoms with van der Waals surface area (Å²) < 4.78 is 32.0. The molecule has 0 bridgehead atoms. The summed E-state index contributed by atoms with van der Waals surface area (Å²) in [4.78, 5) is 12.0. The highest BCUT2D eigenvalue weighted by Crippen LogP contribution is 2.21. The SMILES string of the molecule is COc1ccc(S(=O)(=O)NCC(=O)Nc2ccc(C)c(Cl)c2)cc1C. The molecule has 0 aliphatic carbocycles. The first-order valence-electron chi connectivity index (χ1n) is 7.43. The maximum absolute atomic E-state index is 12.3. The zero-order valence-corrected chi connectivity index (χ0v) is 15.7. The van der Waals surface area contributed by atoms with Crippen molar-refractivity contribution >= 4 is 33.2 Å². The molecule has 0 spiro atoms. The lowest BCUT2D eigenvalue weighted by Gasteiger charge is -2.10. The van der Waals surface area contributed by atoms with Crippen molar-refractivity contribution in [3.05, 3.63) is 52.5 Å². The van der Waals surface area contributed by atoms with Crippen molar-refractivity contribution < 1.29 is 17.9 Å². The van der Waals surface area contributed by atoms with E-state index in [1.54, 1.807) is 31.2 Å². The first kappa shape index (κ1) is 19.2. The number of rotatable bonds is 6. The molecule has 2 N–H and O–H groups in total. The minimum atomic E-state index is -3.80. The quantitative estimate of drug-likeness (QED) is 0.804. The van der Waals surface area contributed by atoms with Gasteiger partial charge in [-0.15, -0.1) is 0 Å². The van der Waals surface area contributed by atoms with Crippen LogP contribution in [0.25, 0.3) is 0 Å². The summed E-state index contributed by atoms with van der Waals surface area (Å²) in [5, 5.41) is 3.11. The molecule has 0 fully saturated rings. The molecular formula is C17H19ClN2O4S. The summed E-state index contributed by atoms with van der Waals surface area (Å²) in [7, 11) is -2.29. The number of nitrogens with one attached hydrogen (secondary N) is 2. The van der Waals surface area contributed by atoms with Gasteiger partial charge < -0.3 is 10.1 Å². The summed E-state index contributed by atoms with van der Waals surface area (Å²) in [5.41, 5.74) is 2.07. The summed E-state index contributed by atoms with van der Waals surface area (Å²) in [6.45, 7) is 3.20. The van der Waals surface area contributed by atoms with Gasteiger partial charge in [-0.25, -0.2) is 13.1 Å². The van der Waals surface area contributed by atoms with Crippen LogP contribution in [0.1, 0.15) is 11.1 Å². The standard InChI is InChI=1S/C17H19ClN2O4S/c1-11-4-5-13(9-15(11)18)20-17(21)10-19-25(22,23)14-6-7-16(24-3)12(2)8-14/h4-9,19H,10H2,1-3H3,(H,20,21). The van der Waals surface area contributed by atoms with Gasteiger partial charge in [-0.3, -0.25) is 4.79 Å². The number of ether oxygens (including phenoxy) is 1. The Kier molecular flexibility index (Phi) is 6.05. The molecule has 2 aromatic carbocycles. The van der Waals surface area contributed by atoms with Crippen molar-refractivity contribution in [1.82, 2.24) is 4.72 Å². The molecule has 0 aliphatic heterocycles. The lowest BCUT2D eigenvalue weighted by Crippen LogP contribution is -2.32. The van der Waals surface area contributed by atoms with Gasteiger partial charge in [0, 0.05) is 10.7 Å². The lowest BCUT2D eigenvalue weighted by molar-refractivity contribution is -0.115. The van der Waals surface area contributed by atoms with Crippen LogP contribution in [0.2, 0.25) is 5.02 Å². The number of sulfonamides is 1. The van der Waals surface area contributed by atoms with Crippen LogP contribution >= 0.6 is 11.6 Å². The molecule has 25 heavy (non-hydrogen) atoms. The molecular weight excluding hydrogens is 364 g/mol. The number of hydrogen-bond donors (Lipinski definition) is 2. The van der Waals surface area contributed by atoms with E-state index >= 15 is 0 Å². The van der Waals surface area contributed by atoms with E-state index in [0.29, 0.717) is 22.0 Å². The fourth-order valence-electron chi connectivity index (χ4n) is 2.14. The second kappa shape index (κ2) is 7.86. The van der Waals surface area contributed by atoms with E-state index in [1.165, 1.54) is 19.2 Å².